The molecule has 2 nitrogen and oxygen atoms in total. The molecule has 0 unspecified atom stereocenters. The molecule has 1 aromatic heterocycles. The van der Waals surface area contributed by atoms with Crippen LogP contribution < -0.4 is 0 Å². The Bertz CT molecular complexity index is 487. The van der Waals surface area contributed by atoms with Crippen molar-refractivity contribution in [1.82, 2.24) is 10.2 Å². The first-order valence-corrected chi connectivity index (χ1v) is 4.38. The molecule has 2 aromatic rings. The number of aromatic nitrogens is 2. The van der Waals surface area contributed by atoms with Crippen LogP contribution in [0.5, 0.6) is 0 Å². The second-order valence-electron chi connectivity index (χ2n) is 2.62. The van der Waals surface area contributed by atoms with Gasteiger partial charge in [-0.3, -0.25) is 0 Å². The van der Waals surface area contributed by atoms with Crippen molar-refractivity contribution in [1.29, 1.82) is 0 Å². The van der Waals surface area contributed by atoms with Crippen LogP contribution in [0, 0.1) is 6.90 Å². The summed E-state index contributed by atoms with van der Waals surface area (Å²) >= 11 is 11.8. The Morgan fingerprint density at radius 2 is 2.00 bits per heavy atom. The Balaban J connectivity index is 2.92. The van der Waals surface area contributed by atoms with Crippen LogP contribution in [0.25, 0.3) is 10.8 Å². The van der Waals surface area contributed by atoms with Gasteiger partial charge in [-0.05, 0) is 12.5 Å². The molecule has 0 amide bonds. The quantitative estimate of drug-likeness (QED) is 0.672. The Morgan fingerprint density at radius 1 is 1.23 bits per heavy atom. The van der Waals surface area contributed by atoms with E-state index in [9.17, 15) is 0 Å². The number of hydrogen-bond acceptors (Lipinski definition) is 2. The summed E-state index contributed by atoms with van der Waals surface area (Å²) in [5.41, 5.74) is 0.810. The van der Waals surface area contributed by atoms with Crippen molar-refractivity contribution in [3.8, 4) is 0 Å². The summed E-state index contributed by atoms with van der Waals surface area (Å²) < 4.78 is 7.34. The lowest BCUT2D eigenvalue weighted by atomic mass is 10.1. The van der Waals surface area contributed by atoms with Crippen molar-refractivity contribution in [2.75, 3.05) is 0 Å². The SMILES string of the molecule is [2H]Cc1cccc2c(Cl)nnc(Cl)c12. The minimum absolute atomic E-state index is 0.152. The molecule has 2 rings (SSSR count). The highest BCUT2D eigenvalue weighted by Crippen LogP contribution is 2.28. The van der Waals surface area contributed by atoms with Gasteiger partial charge in [-0.1, -0.05) is 41.4 Å². The highest BCUT2D eigenvalue weighted by molar-refractivity contribution is 6.38. The Labute approximate surface area is 86.9 Å². The summed E-state index contributed by atoms with van der Waals surface area (Å²) in [4.78, 5) is 0. The average molecular weight is 214 g/mol. The van der Waals surface area contributed by atoms with Crippen LogP contribution in [-0.4, -0.2) is 10.2 Å². The predicted octanol–water partition coefficient (Wildman–Crippen LogP) is 3.25. The third-order valence-corrected chi connectivity index (χ3v) is 2.35. The lowest BCUT2D eigenvalue weighted by Crippen LogP contribution is -1.88. The lowest BCUT2D eigenvalue weighted by Gasteiger charge is -2.03. The van der Waals surface area contributed by atoms with Crippen molar-refractivity contribution >= 4 is 34.0 Å². The fraction of sp³-hybridized carbons (Fsp3) is 0.111. The van der Waals surface area contributed by atoms with Gasteiger partial charge in [0.15, 0.2) is 10.3 Å². The van der Waals surface area contributed by atoms with Crippen LogP contribution in [0.1, 0.15) is 6.93 Å². The third kappa shape index (κ3) is 1.36. The number of aryl methyl sites for hydroxylation is 1. The van der Waals surface area contributed by atoms with E-state index in [0.29, 0.717) is 10.3 Å². The van der Waals surface area contributed by atoms with E-state index in [1.807, 2.05) is 18.2 Å². The molecule has 0 fully saturated rings. The molecule has 13 heavy (non-hydrogen) atoms. The van der Waals surface area contributed by atoms with Crippen molar-refractivity contribution in [3.63, 3.8) is 0 Å². The lowest BCUT2D eigenvalue weighted by molar-refractivity contribution is 1.05. The van der Waals surface area contributed by atoms with Crippen LogP contribution in [0.4, 0.5) is 0 Å². The van der Waals surface area contributed by atoms with Crippen LogP contribution in [0.3, 0.4) is 0 Å². The Kier molecular flexibility index (Phi) is 1.81. The van der Waals surface area contributed by atoms with Gasteiger partial charge in [-0.15, -0.1) is 10.2 Å². The summed E-state index contributed by atoms with van der Waals surface area (Å²) in [6.45, 7) is 0.152. The molecule has 4 heteroatoms. The van der Waals surface area contributed by atoms with Crippen LogP contribution in [-0.2, 0) is 0 Å². The molecule has 0 atom stereocenters. The molecule has 0 aliphatic rings. The molecular formula is C9H6Cl2N2. The fourth-order valence-corrected chi connectivity index (χ4v) is 1.66. The zero-order valence-electron chi connectivity index (χ0n) is 7.59. The minimum atomic E-state index is 0.152. The summed E-state index contributed by atoms with van der Waals surface area (Å²) in [7, 11) is 0. The predicted molar refractivity (Wildman–Crippen MR) is 54.3 cm³/mol. The zero-order chi connectivity index (χ0) is 10.1. The second-order valence-corrected chi connectivity index (χ2v) is 3.34. The maximum atomic E-state index is 7.34. The van der Waals surface area contributed by atoms with E-state index >= 15 is 0 Å². The highest BCUT2D eigenvalue weighted by atomic mass is 35.5. The maximum Gasteiger partial charge on any atom is 0.159 e. The monoisotopic (exact) mass is 213 g/mol. The van der Waals surface area contributed by atoms with Crippen molar-refractivity contribution in [3.05, 3.63) is 34.1 Å². The largest absolute Gasteiger partial charge is 0.159 e. The summed E-state index contributed by atoms with van der Waals surface area (Å²) in [5.74, 6) is 0. The maximum absolute atomic E-state index is 7.34. The molecule has 0 radical (unpaired) electrons. The normalized spacial score (nSPS) is 11.7. The van der Waals surface area contributed by atoms with E-state index in [1.165, 1.54) is 0 Å². The summed E-state index contributed by atoms with van der Waals surface area (Å²) in [6.07, 6.45) is 0. The van der Waals surface area contributed by atoms with Crippen LogP contribution >= 0.6 is 23.2 Å². The van der Waals surface area contributed by atoms with Gasteiger partial charge in [0.2, 0.25) is 0 Å². The summed E-state index contributed by atoms with van der Waals surface area (Å²) in [6, 6.07) is 5.48. The Hall–Kier alpha value is -0.860. The van der Waals surface area contributed by atoms with Gasteiger partial charge < -0.3 is 0 Å². The van der Waals surface area contributed by atoms with E-state index < -0.39 is 0 Å². The molecule has 0 aliphatic heterocycles. The first-order valence-electron chi connectivity index (χ1n) is 4.33. The standard InChI is InChI=1S/C9H6Cl2N2/c1-5-3-2-4-6-7(5)9(11)13-12-8(6)10/h2-4H,1H3/i1D. The van der Waals surface area contributed by atoms with Crippen LogP contribution in [0.2, 0.25) is 10.3 Å². The molecule has 0 saturated carbocycles. The Morgan fingerprint density at radius 3 is 2.77 bits per heavy atom. The average Bonchev–Trinajstić information content (AvgIpc) is 2.23. The molecule has 1 aromatic carbocycles. The molecule has 0 aliphatic carbocycles. The molecular weight excluding hydrogens is 207 g/mol. The molecule has 0 N–H and O–H groups in total. The number of hydrogen-bond donors (Lipinski definition) is 0. The van der Waals surface area contributed by atoms with Gasteiger partial charge in [0.05, 0.1) is 0 Å². The smallest absolute Gasteiger partial charge is 0.136 e. The highest BCUT2D eigenvalue weighted by Gasteiger charge is 2.07. The van der Waals surface area contributed by atoms with Gasteiger partial charge in [0.25, 0.3) is 0 Å². The molecule has 1 heterocycles. The van der Waals surface area contributed by atoms with Gasteiger partial charge >= 0.3 is 0 Å². The minimum Gasteiger partial charge on any atom is -0.136 e. The molecule has 66 valence electrons. The third-order valence-electron chi connectivity index (χ3n) is 1.80. The number of fused-ring (bicyclic) bond motifs is 1. The van der Waals surface area contributed by atoms with E-state index in [0.717, 1.165) is 16.3 Å². The zero-order valence-corrected chi connectivity index (χ0v) is 8.10. The van der Waals surface area contributed by atoms with Gasteiger partial charge in [0, 0.05) is 12.1 Å². The van der Waals surface area contributed by atoms with E-state index in [1.54, 1.807) is 0 Å². The number of benzene rings is 1. The van der Waals surface area contributed by atoms with E-state index in [2.05, 4.69) is 10.2 Å². The first kappa shape index (κ1) is 7.54. The first-order chi connectivity index (χ1) is 6.74. The topological polar surface area (TPSA) is 25.8 Å². The second kappa shape index (κ2) is 3.13. The number of rotatable bonds is 0. The van der Waals surface area contributed by atoms with E-state index in [-0.39, 0.29) is 6.90 Å². The molecule has 0 bridgehead atoms. The molecule has 0 spiro atoms. The van der Waals surface area contributed by atoms with Crippen LogP contribution in [0.15, 0.2) is 18.2 Å². The summed E-state index contributed by atoms with van der Waals surface area (Å²) in [5, 5.41) is 9.51. The van der Waals surface area contributed by atoms with Crippen molar-refractivity contribution in [2.45, 2.75) is 6.90 Å². The fourth-order valence-electron chi connectivity index (χ4n) is 1.21. The molecule has 0 saturated heterocycles. The van der Waals surface area contributed by atoms with E-state index in [4.69, 9.17) is 24.6 Å². The van der Waals surface area contributed by atoms with Gasteiger partial charge in [-0.25, -0.2) is 0 Å². The van der Waals surface area contributed by atoms with Crippen molar-refractivity contribution < 1.29 is 1.37 Å². The van der Waals surface area contributed by atoms with Gasteiger partial charge in [-0.2, -0.15) is 0 Å². The number of halogens is 2. The number of nitrogens with zero attached hydrogens (tertiary/aromatic N) is 2. The van der Waals surface area contributed by atoms with Gasteiger partial charge in [0.1, 0.15) is 0 Å². The van der Waals surface area contributed by atoms with Crippen molar-refractivity contribution in [2.24, 2.45) is 0 Å².